The summed E-state index contributed by atoms with van der Waals surface area (Å²) in [7, 11) is 0. The summed E-state index contributed by atoms with van der Waals surface area (Å²) in [6, 6.07) is 1.57. The zero-order valence-electron chi connectivity index (χ0n) is 11.6. The summed E-state index contributed by atoms with van der Waals surface area (Å²) in [5.41, 5.74) is 0.738. The third-order valence-corrected chi connectivity index (χ3v) is 3.05. The summed E-state index contributed by atoms with van der Waals surface area (Å²) in [5, 5.41) is 6.32. The highest BCUT2D eigenvalue weighted by molar-refractivity contribution is 6.02. The van der Waals surface area contributed by atoms with Crippen molar-refractivity contribution in [3.63, 3.8) is 0 Å². The van der Waals surface area contributed by atoms with E-state index in [1.54, 1.807) is 25.4 Å². The summed E-state index contributed by atoms with van der Waals surface area (Å²) in [5.74, 6) is 0.863. The van der Waals surface area contributed by atoms with Crippen LogP contribution in [0.2, 0.25) is 0 Å². The van der Waals surface area contributed by atoms with Gasteiger partial charge in [-0.25, -0.2) is 9.97 Å². The van der Waals surface area contributed by atoms with Crippen molar-refractivity contribution in [2.24, 2.45) is 0 Å². The fourth-order valence-electron chi connectivity index (χ4n) is 1.98. The second kappa shape index (κ2) is 5.88. The maximum atomic E-state index is 11.9. The van der Waals surface area contributed by atoms with Crippen LogP contribution in [-0.4, -0.2) is 47.3 Å². The molecule has 8 heteroatoms. The number of aryl methyl sites for hydroxylation is 1. The van der Waals surface area contributed by atoms with E-state index in [-0.39, 0.29) is 11.6 Å². The van der Waals surface area contributed by atoms with Crippen molar-refractivity contribution in [1.82, 2.24) is 15.1 Å². The lowest BCUT2D eigenvalue weighted by Gasteiger charge is -2.26. The molecule has 0 bridgehead atoms. The van der Waals surface area contributed by atoms with Crippen LogP contribution in [0.15, 0.2) is 23.0 Å². The van der Waals surface area contributed by atoms with Crippen molar-refractivity contribution in [3.8, 4) is 0 Å². The monoisotopic (exact) mass is 289 g/mol. The van der Waals surface area contributed by atoms with E-state index in [2.05, 4.69) is 20.4 Å². The SMILES string of the molecule is Cc1cc(C(=O)Nc2cnc(N3CCOCC3)nc2)no1. The van der Waals surface area contributed by atoms with Crippen LogP contribution in [0, 0.1) is 6.92 Å². The first-order valence-electron chi connectivity index (χ1n) is 6.62. The number of carbonyl (C=O) groups is 1. The summed E-state index contributed by atoms with van der Waals surface area (Å²) in [6.45, 7) is 4.61. The van der Waals surface area contributed by atoms with Gasteiger partial charge in [0, 0.05) is 19.2 Å². The molecule has 8 nitrogen and oxygen atoms in total. The summed E-state index contributed by atoms with van der Waals surface area (Å²) in [4.78, 5) is 22.4. The molecule has 0 aliphatic carbocycles. The van der Waals surface area contributed by atoms with E-state index in [4.69, 9.17) is 9.26 Å². The highest BCUT2D eigenvalue weighted by atomic mass is 16.5. The van der Waals surface area contributed by atoms with Gasteiger partial charge in [-0.1, -0.05) is 5.16 Å². The number of amides is 1. The zero-order chi connectivity index (χ0) is 14.7. The van der Waals surface area contributed by atoms with Crippen LogP contribution in [-0.2, 0) is 4.74 Å². The fraction of sp³-hybridized carbons (Fsp3) is 0.385. The van der Waals surface area contributed by atoms with E-state index in [1.807, 2.05) is 4.90 Å². The largest absolute Gasteiger partial charge is 0.378 e. The Balaban J connectivity index is 1.65. The lowest BCUT2D eigenvalue weighted by molar-refractivity contribution is 0.101. The molecule has 2 aromatic rings. The van der Waals surface area contributed by atoms with Crippen LogP contribution in [0.4, 0.5) is 11.6 Å². The molecule has 0 aromatic carbocycles. The molecule has 1 amide bonds. The highest BCUT2D eigenvalue weighted by Gasteiger charge is 2.15. The molecule has 1 aliphatic heterocycles. The van der Waals surface area contributed by atoms with Gasteiger partial charge in [0.1, 0.15) is 5.76 Å². The standard InChI is InChI=1S/C13H15N5O3/c1-9-6-11(17-21-9)12(19)16-10-7-14-13(15-8-10)18-2-4-20-5-3-18/h6-8H,2-5H2,1H3,(H,16,19). The molecule has 1 N–H and O–H groups in total. The van der Waals surface area contributed by atoms with Gasteiger partial charge in [0.05, 0.1) is 31.3 Å². The highest BCUT2D eigenvalue weighted by Crippen LogP contribution is 2.12. The quantitative estimate of drug-likeness (QED) is 0.895. The summed E-state index contributed by atoms with van der Waals surface area (Å²) >= 11 is 0. The number of ether oxygens (including phenoxy) is 1. The van der Waals surface area contributed by atoms with E-state index in [9.17, 15) is 4.79 Å². The number of nitrogens with zero attached hydrogens (tertiary/aromatic N) is 4. The lowest BCUT2D eigenvalue weighted by Crippen LogP contribution is -2.37. The van der Waals surface area contributed by atoms with E-state index in [0.29, 0.717) is 30.6 Å². The molecule has 21 heavy (non-hydrogen) atoms. The number of morpholine rings is 1. The van der Waals surface area contributed by atoms with Crippen molar-refractivity contribution in [2.45, 2.75) is 6.92 Å². The molecular weight excluding hydrogens is 274 g/mol. The normalized spacial score (nSPS) is 15.0. The first-order valence-corrected chi connectivity index (χ1v) is 6.62. The predicted molar refractivity (Wildman–Crippen MR) is 74.3 cm³/mol. The molecular formula is C13H15N5O3. The maximum absolute atomic E-state index is 11.9. The Morgan fingerprint density at radius 1 is 1.29 bits per heavy atom. The van der Waals surface area contributed by atoms with Crippen LogP contribution in [0.1, 0.15) is 16.2 Å². The van der Waals surface area contributed by atoms with E-state index >= 15 is 0 Å². The number of rotatable bonds is 3. The molecule has 0 spiro atoms. The average Bonchev–Trinajstić information content (AvgIpc) is 2.96. The molecule has 3 heterocycles. The minimum absolute atomic E-state index is 0.227. The average molecular weight is 289 g/mol. The van der Waals surface area contributed by atoms with Crippen LogP contribution in [0.3, 0.4) is 0 Å². The lowest BCUT2D eigenvalue weighted by atomic mass is 10.3. The van der Waals surface area contributed by atoms with Gasteiger partial charge >= 0.3 is 0 Å². The molecule has 0 atom stereocenters. The predicted octanol–water partition coefficient (Wildman–Crippen LogP) is 0.862. The molecule has 0 radical (unpaired) electrons. The second-order valence-electron chi connectivity index (χ2n) is 4.65. The Kier molecular flexibility index (Phi) is 3.78. The Morgan fingerprint density at radius 3 is 2.62 bits per heavy atom. The number of aromatic nitrogens is 3. The van der Waals surface area contributed by atoms with Crippen LogP contribution in [0.5, 0.6) is 0 Å². The first-order chi connectivity index (χ1) is 10.2. The van der Waals surface area contributed by atoms with Crippen molar-refractivity contribution in [2.75, 3.05) is 36.5 Å². The molecule has 1 saturated heterocycles. The van der Waals surface area contributed by atoms with Crippen molar-refractivity contribution >= 4 is 17.5 Å². The Morgan fingerprint density at radius 2 is 2.00 bits per heavy atom. The number of carbonyl (C=O) groups excluding carboxylic acids is 1. The topological polar surface area (TPSA) is 93.4 Å². The summed E-state index contributed by atoms with van der Waals surface area (Å²) < 4.78 is 10.1. The molecule has 1 fully saturated rings. The van der Waals surface area contributed by atoms with E-state index in [0.717, 1.165) is 13.1 Å². The Bertz CT molecular complexity index is 619. The Hall–Kier alpha value is -2.48. The van der Waals surface area contributed by atoms with Gasteiger partial charge in [-0.05, 0) is 6.92 Å². The summed E-state index contributed by atoms with van der Waals surface area (Å²) in [6.07, 6.45) is 3.14. The Labute approximate surface area is 121 Å². The molecule has 3 rings (SSSR count). The van der Waals surface area contributed by atoms with Crippen LogP contribution >= 0.6 is 0 Å². The number of hydrogen-bond donors (Lipinski definition) is 1. The number of hydrogen-bond acceptors (Lipinski definition) is 7. The minimum Gasteiger partial charge on any atom is -0.378 e. The molecule has 110 valence electrons. The van der Waals surface area contributed by atoms with Gasteiger partial charge in [-0.2, -0.15) is 0 Å². The van der Waals surface area contributed by atoms with Gasteiger partial charge in [0.15, 0.2) is 5.69 Å². The van der Waals surface area contributed by atoms with E-state index in [1.165, 1.54) is 0 Å². The van der Waals surface area contributed by atoms with Gasteiger partial charge in [-0.3, -0.25) is 4.79 Å². The molecule has 2 aromatic heterocycles. The molecule has 0 saturated carbocycles. The third kappa shape index (κ3) is 3.16. The smallest absolute Gasteiger partial charge is 0.277 e. The first kappa shape index (κ1) is 13.5. The van der Waals surface area contributed by atoms with Crippen LogP contribution < -0.4 is 10.2 Å². The van der Waals surface area contributed by atoms with E-state index < -0.39 is 0 Å². The van der Waals surface area contributed by atoms with Gasteiger partial charge < -0.3 is 19.5 Å². The molecule has 0 unspecified atom stereocenters. The fourth-order valence-corrected chi connectivity index (χ4v) is 1.98. The number of nitrogens with one attached hydrogen (secondary N) is 1. The zero-order valence-corrected chi connectivity index (χ0v) is 11.6. The number of anilines is 2. The van der Waals surface area contributed by atoms with Crippen molar-refractivity contribution in [1.29, 1.82) is 0 Å². The van der Waals surface area contributed by atoms with Gasteiger partial charge in [0.25, 0.3) is 5.91 Å². The third-order valence-electron chi connectivity index (χ3n) is 3.05. The second-order valence-corrected chi connectivity index (χ2v) is 4.65. The van der Waals surface area contributed by atoms with Gasteiger partial charge in [-0.15, -0.1) is 0 Å². The van der Waals surface area contributed by atoms with Crippen LogP contribution in [0.25, 0.3) is 0 Å². The van der Waals surface area contributed by atoms with Gasteiger partial charge in [0.2, 0.25) is 5.95 Å². The minimum atomic E-state index is -0.352. The molecule has 1 aliphatic rings. The maximum Gasteiger partial charge on any atom is 0.277 e. The van der Waals surface area contributed by atoms with Crippen molar-refractivity contribution in [3.05, 3.63) is 29.9 Å². The van der Waals surface area contributed by atoms with Crippen molar-refractivity contribution < 1.29 is 14.1 Å².